The van der Waals surface area contributed by atoms with Crippen molar-refractivity contribution in [1.82, 2.24) is 9.78 Å². The van der Waals surface area contributed by atoms with Crippen LogP contribution < -0.4 is 11.1 Å². The van der Waals surface area contributed by atoms with E-state index in [1.807, 2.05) is 18.7 Å². The second kappa shape index (κ2) is 5.54. The average molecular weight is 236 g/mol. The van der Waals surface area contributed by atoms with E-state index in [0.29, 0.717) is 12.0 Å². The van der Waals surface area contributed by atoms with Gasteiger partial charge < -0.3 is 11.1 Å². The first kappa shape index (κ1) is 12.4. The SMILES string of the molecule is Cc1cc(NCC2CCCCCC2N)n(C)n1. The topological polar surface area (TPSA) is 55.9 Å². The number of nitrogens with two attached hydrogens (primary N) is 1. The van der Waals surface area contributed by atoms with Gasteiger partial charge in [0.25, 0.3) is 0 Å². The lowest BCUT2D eigenvalue weighted by Crippen LogP contribution is -2.33. The lowest BCUT2D eigenvalue weighted by molar-refractivity contribution is 0.415. The zero-order valence-electron chi connectivity index (χ0n) is 10.9. The van der Waals surface area contributed by atoms with Gasteiger partial charge in [-0.1, -0.05) is 19.3 Å². The maximum Gasteiger partial charge on any atom is 0.124 e. The number of hydrogen-bond donors (Lipinski definition) is 2. The zero-order chi connectivity index (χ0) is 12.3. The minimum atomic E-state index is 0.360. The Morgan fingerprint density at radius 1 is 1.41 bits per heavy atom. The number of nitrogens with zero attached hydrogens (tertiary/aromatic N) is 2. The molecule has 2 atom stereocenters. The fraction of sp³-hybridized carbons (Fsp3) is 0.769. The molecule has 0 spiro atoms. The van der Waals surface area contributed by atoms with E-state index < -0.39 is 0 Å². The third-order valence-corrected chi connectivity index (χ3v) is 3.77. The number of anilines is 1. The van der Waals surface area contributed by atoms with E-state index in [-0.39, 0.29) is 0 Å². The van der Waals surface area contributed by atoms with Crippen molar-refractivity contribution >= 4 is 5.82 Å². The molecule has 2 rings (SSSR count). The number of nitrogens with one attached hydrogen (secondary N) is 1. The molecule has 1 aromatic rings. The number of aryl methyl sites for hydroxylation is 2. The molecule has 4 heteroatoms. The lowest BCUT2D eigenvalue weighted by Gasteiger charge is -2.22. The van der Waals surface area contributed by atoms with Crippen LogP contribution in [0, 0.1) is 12.8 Å². The molecule has 1 aromatic heterocycles. The molecule has 2 unspecified atom stereocenters. The monoisotopic (exact) mass is 236 g/mol. The summed E-state index contributed by atoms with van der Waals surface area (Å²) in [5.74, 6) is 1.70. The van der Waals surface area contributed by atoms with Crippen LogP contribution >= 0.6 is 0 Å². The summed E-state index contributed by atoms with van der Waals surface area (Å²) in [5, 5.41) is 7.82. The third kappa shape index (κ3) is 3.22. The van der Waals surface area contributed by atoms with E-state index in [4.69, 9.17) is 5.73 Å². The van der Waals surface area contributed by atoms with E-state index in [1.165, 1.54) is 32.1 Å². The van der Waals surface area contributed by atoms with Gasteiger partial charge in [-0.05, 0) is 25.7 Å². The highest BCUT2D eigenvalue weighted by Crippen LogP contribution is 2.22. The highest BCUT2D eigenvalue weighted by Gasteiger charge is 2.20. The molecule has 0 radical (unpaired) electrons. The van der Waals surface area contributed by atoms with Gasteiger partial charge in [0.05, 0.1) is 5.69 Å². The summed E-state index contributed by atoms with van der Waals surface area (Å²) in [6.07, 6.45) is 6.39. The van der Waals surface area contributed by atoms with E-state index >= 15 is 0 Å². The lowest BCUT2D eigenvalue weighted by atomic mass is 9.95. The van der Waals surface area contributed by atoms with Crippen LogP contribution in [0.3, 0.4) is 0 Å². The molecule has 3 N–H and O–H groups in total. The van der Waals surface area contributed by atoms with E-state index in [1.54, 1.807) is 0 Å². The minimum Gasteiger partial charge on any atom is -0.370 e. The highest BCUT2D eigenvalue weighted by molar-refractivity contribution is 5.36. The van der Waals surface area contributed by atoms with Gasteiger partial charge in [-0.25, -0.2) is 0 Å². The maximum absolute atomic E-state index is 6.22. The van der Waals surface area contributed by atoms with E-state index in [2.05, 4.69) is 16.5 Å². The number of aromatic nitrogens is 2. The normalized spacial score (nSPS) is 25.6. The molecule has 1 heterocycles. The van der Waals surface area contributed by atoms with Crippen molar-refractivity contribution in [3.63, 3.8) is 0 Å². The van der Waals surface area contributed by atoms with Crippen molar-refractivity contribution in [1.29, 1.82) is 0 Å². The second-order valence-corrected chi connectivity index (χ2v) is 5.24. The highest BCUT2D eigenvalue weighted by atomic mass is 15.3. The Bertz CT molecular complexity index is 358. The number of rotatable bonds is 3. The van der Waals surface area contributed by atoms with Crippen molar-refractivity contribution < 1.29 is 0 Å². The molecule has 1 saturated carbocycles. The molecular formula is C13H24N4. The van der Waals surface area contributed by atoms with Gasteiger partial charge in [0.2, 0.25) is 0 Å². The largest absolute Gasteiger partial charge is 0.370 e. The predicted octanol–water partition coefficient (Wildman–Crippen LogP) is 2.05. The molecule has 0 saturated heterocycles. The molecule has 1 aliphatic carbocycles. The van der Waals surface area contributed by atoms with Gasteiger partial charge in [-0.15, -0.1) is 0 Å². The molecule has 0 amide bonds. The summed E-state index contributed by atoms with van der Waals surface area (Å²) in [7, 11) is 1.97. The van der Waals surface area contributed by atoms with Gasteiger partial charge in [0.1, 0.15) is 5.82 Å². The quantitative estimate of drug-likeness (QED) is 0.790. The minimum absolute atomic E-state index is 0.360. The molecule has 0 bridgehead atoms. The third-order valence-electron chi connectivity index (χ3n) is 3.77. The molecule has 1 fully saturated rings. The predicted molar refractivity (Wildman–Crippen MR) is 71.0 cm³/mol. The van der Waals surface area contributed by atoms with Crippen molar-refractivity contribution in [2.45, 2.75) is 45.1 Å². The summed E-state index contributed by atoms with van der Waals surface area (Å²) in [6.45, 7) is 2.99. The van der Waals surface area contributed by atoms with Gasteiger partial charge in [-0.2, -0.15) is 5.10 Å². The first-order chi connectivity index (χ1) is 8.16. The summed E-state index contributed by atoms with van der Waals surface area (Å²) >= 11 is 0. The zero-order valence-corrected chi connectivity index (χ0v) is 10.9. The Hall–Kier alpha value is -1.03. The van der Waals surface area contributed by atoms with Crippen molar-refractivity contribution in [3.05, 3.63) is 11.8 Å². The molecule has 1 aliphatic rings. The standard InChI is InChI=1S/C13H24N4/c1-10-8-13(17(2)16-10)15-9-11-6-4-3-5-7-12(11)14/h8,11-12,15H,3-7,9,14H2,1-2H3. The fourth-order valence-electron chi connectivity index (χ4n) is 2.68. The molecule has 0 aliphatic heterocycles. The van der Waals surface area contributed by atoms with Crippen LogP contribution in [0.25, 0.3) is 0 Å². The Labute approximate surface area is 104 Å². The Kier molecular flexibility index (Phi) is 4.05. The first-order valence-electron chi connectivity index (χ1n) is 6.67. The van der Waals surface area contributed by atoms with Gasteiger partial charge in [-0.3, -0.25) is 4.68 Å². The first-order valence-corrected chi connectivity index (χ1v) is 6.67. The van der Waals surface area contributed by atoms with Gasteiger partial charge in [0.15, 0.2) is 0 Å². The molecule has 0 aromatic carbocycles. The van der Waals surface area contributed by atoms with E-state index in [0.717, 1.165) is 18.1 Å². The summed E-state index contributed by atoms with van der Waals surface area (Å²) in [4.78, 5) is 0. The van der Waals surface area contributed by atoms with Gasteiger partial charge >= 0.3 is 0 Å². The van der Waals surface area contributed by atoms with Crippen molar-refractivity contribution in [3.8, 4) is 0 Å². The molecule has 96 valence electrons. The number of hydrogen-bond acceptors (Lipinski definition) is 3. The fourth-order valence-corrected chi connectivity index (χ4v) is 2.68. The van der Waals surface area contributed by atoms with Crippen LogP contribution in [0.5, 0.6) is 0 Å². The molecule has 4 nitrogen and oxygen atoms in total. The van der Waals surface area contributed by atoms with Gasteiger partial charge in [0, 0.05) is 25.7 Å². The summed E-state index contributed by atoms with van der Waals surface area (Å²) in [5.41, 5.74) is 7.28. The molecule has 17 heavy (non-hydrogen) atoms. The Morgan fingerprint density at radius 2 is 2.18 bits per heavy atom. The van der Waals surface area contributed by atoms with Crippen LogP contribution in [-0.4, -0.2) is 22.4 Å². The van der Waals surface area contributed by atoms with E-state index in [9.17, 15) is 0 Å². The van der Waals surface area contributed by atoms with Crippen LogP contribution in [-0.2, 0) is 7.05 Å². The van der Waals surface area contributed by atoms with Crippen LogP contribution in [0.15, 0.2) is 6.07 Å². The summed E-state index contributed by atoms with van der Waals surface area (Å²) in [6, 6.07) is 2.45. The van der Waals surface area contributed by atoms with Crippen LogP contribution in [0.1, 0.15) is 37.8 Å². The van der Waals surface area contributed by atoms with Crippen molar-refractivity contribution in [2.24, 2.45) is 18.7 Å². The summed E-state index contributed by atoms with van der Waals surface area (Å²) < 4.78 is 1.90. The smallest absolute Gasteiger partial charge is 0.124 e. The second-order valence-electron chi connectivity index (χ2n) is 5.24. The Balaban J connectivity index is 1.90. The Morgan fingerprint density at radius 3 is 2.88 bits per heavy atom. The average Bonchev–Trinajstić information content (AvgIpc) is 2.48. The van der Waals surface area contributed by atoms with Crippen LogP contribution in [0.2, 0.25) is 0 Å². The van der Waals surface area contributed by atoms with Crippen LogP contribution in [0.4, 0.5) is 5.82 Å². The maximum atomic E-state index is 6.22. The van der Waals surface area contributed by atoms with Crippen molar-refractivity contribution in [2.75, 3.05) is 11.9 Å². The molecular weight excluding hydrogens is 212 g/mol.